The summed E-state index contributed by atoms with van der Waals surface area (Å²) in [6.07, 6.45) is -4.48. The van der Waals surface area contributed by atoms with Crippen molar-refractivity contribution in [3.63, 3.8) is 0 Å². The minimum Gasteiger partial charge on any atom is -0.496 e. The maximum absolute atomic E-state index is 12.7. The first kappa shape index (κ1) is 18.6. The predicted molar refractivity (Wildman–Crippen MR) is 90.0 cm³/mol. The lowest BCUT2D eigenvalue weighted by Crippen LogP contribution is -2.15. The Hall–Kier alpha value is -1.73. The molecule has 3 nitrogen and oxygen atoms in total. The molecule has 0 fully saturated rings. The van der Waals surface area contributed by atoms with Crippen molar-refractivity contribution in [2.75, 3.05) is 19.0 Å². The van der Waals surface area contributed by atoms with Crippen molar-refractivity contribution in [1.29, 1.82) is 0 Å². The standard InChI is InChI=1S/C16H12BrClF3NO2/c1-24-15-5-2-9(6-11(15)17)14(23)8-22-13-7-10(16(19,20)21)3-4-12(13)18/h2-7,22H,8H2,1H3. The summed E-state index contributed by atoms with van der Waals surface area (Å²) in [6, 6.07) is 7.67. The number of anilines is 1. The fraction of sp³-hybridized carbons (Fsp3) is 0.188. The number of hydrogen-bond acceptors (Lipinski definition) is 3. The number of carbonyl (C=O) groups excluding carboxylic acids is 1. The van der Waals surface area contributed by atoms with Gasteiger partial charge in [0.15, 0.2) is 5.78 Å². The van der Waals surface area contributed by atoms with E-state index in [-0.39, 0.29) is 23.0 Å². The van der Waals surface area contributed by atoms with E-state index in [1.54, 1.807) is 18.2 Å². The van der Waals surface area contributed by atoms with Gasteiger partial charge in [-0.1, -0.05) is 11.6 Å². The van der Waals surface area contributed by atoms with Gasteiger partial charge in [-0.15, -0.1) is 0 Å². The molecule has 0 unspecified atom stereocenters. The van der Waals surface area contributed by atoms with Crippen molar-refractivity contribution < 1.29 is 22.7 Å². The number of alkyl halides is 3. The number of hydrogen-bond donors (Lipinski definition) is 1. The fourth-order valence-corrected chi connectivity index (χ4v) is 2.68. The lowest BCUT2D eigenvalue weighted by atomic mass is 10.1. The molecule has 128 valence electrons. The highest BCUT2D eigenvalue weighted by Gasteiger charge is 2.31. The number of halogens is 5. The first-order valence-corrected chi connectivity index (χ1v) is 7.87. The molecule has 0 aliphatic carbocycles. The Morgan fingerprint density at radius 2 is 1.96 bits per heavy atom. The molecule has 0 radical (unpaired) electrons. The molecule has 8 heteroatoms. The van der Waals surface area contributed by atoms with Crippen LogP contribution >= 0.6 is 27.5 Å². The van der Waals surface area contributed by atoms with Gasteiger partial charge in [0.25, 0.3) is 0 Å². The summed E-state index contributed by atoms with van der Waals surface area (Å²) in [7, 11) is 1.50. The Labute approximate surface area is 149 Å². The molecule has 1 N–H and O–H groups in total. The molecule has 0 aliphatic rings. The molecule has 0 aromatic heterocycles. The van der Waals surface area contributed by atoms with Gasteiger partial charge in [-0.25, -0.2) is 0 Å². The van der Waals surface area contributed by atoms with Crippen LogP contribution in [-0.2, 0) is 6.18 Å². The molecule has 0 bridgehead atoms. The topological polar surface area (TPSA) is 38.3 Å². The van der Waals surface area contributed by atoms with Crippen LogP contribution in [0.5, 0.6) is 5.75 Å². The maximum atomic E-state index is 12.7. The zero-order chi connectivity index (χ0) is 17.9. The van der Waals surface area contributed by atoms with Crippen LogP contribution in [0.3, 0.4) is 0 Å². The zero-order valence-electron chi connectivity index (χ0n) is 12.4. The highest BCUT2D eigenvalue weighted by Crippen LogP contribution is 2.33. The molecule has 0 atom stereocenters. The SMILES string of the molecule is COc1ccc(C(=O)CNc2cc(C(F)(F)F)ccc2Cl)cc1Br. The van der Waals surface area contributed by atoms with Gasteiger partial charge in [0, 0.05) is 5.56 Å². The minimum atomic E-state index is -4.48. The second-order valence-electron chi connectivity index (χ2n) is 4.82. The summed E-state index contributed by atoms with van der Waals surface area (Å²) < 4.78 is 43.8. The Morgan fingerprint density at radius 1 is 1.25 bits per heavy atom. The largest absolute Gasteiger partial charge is 0.496 e. The third-order valence-corrected chi connectivity index (χ3v) is 4.16. The zero-order valence-corrected chi connectivity index (χ0v) is 14.7. The number of methoxy groups -OCH3 is 1. The molecule has 0 saturated carbocycles. The molecular weight excluding hydrogens is 411 g/mol. The molecular formula is C16H12BrClF3NO2. The van der Waals surface area contributed by atoms with E-state index in [2.05, 4.69) is 21.2 Å². The van der Waals surface area contributed by atoms with Crippen LogP contribution in [0.2, 0.25) is 5.02 Å². The summed E-state index contributed by atoms with van der Waals surface area (Å²) >= 11 is 9.15. The second-order valence-corrected chi connectivity index (χ2v) is 6.08. The minimum absolute atomic E-state index is 0.0485. The van der Waals surface area contributed by atoms with Crippen LogP contribution in [-0.4, -0.2) is 19.4 Å². The summed E-state index contributed by atoms with van der Waals surface area (Å²) in [5, 5.41) is 2.75. The van der Waals surface area contributed by atoms with E-state index in [1.165, 1.54) is 7.11 Å². The van der Waals surface area contributed by atoms with E-state index in [9.17, 15) is 18.0 Å². The average molecular weight is 423 g/mol. The number of nitrogens with one attached hydrogen (secondary N) is 1. The van der Waals surface area contributed by atoms with Crippen molar-refractivity contribution in [3.05, 3.63) is 57.0 Å². The molecule has 0 heterocycles. The molecule has 0 amide bonds. The van der Waals surface area contributed by atoms with Crippen LogP contribution in [0.25, 0.3) is 0 Å². The summed E-state index contributed by atoms with van der Waals surface area (Å²) in [5.41, 5.74) is -0.403. The number of ketones is 1. The number of ether oxygens (including phenoxy) is 1. The van der Waals surface area contributed by atoms with Crippen LogP contribution in [0, 0.1) is 0 Å². The number of rotatable bonds is 5. The lowest BCUT2D eigenvalue weighted by Gasteiger charge is -2.12. The van der Waals surface area contributed by atoms with Crippen LogP contribution in [0.15, 0.2) is 40.9 Å². The molecule has 2 aromatic rings. The first-order chi connectivity index (χ1) is 11.2. The van der Waals surface area contributed by atoms with Crippen molar-refractivity contribution in [2.24, 2.45) is 0 Å². The van der Waals surface area contributed by atoms with Gasteiger partial charge < -0.3 is 10.1 Å². The molecule has 2 aromatic carbocycles. The Balaban J connectivity index is 2.13. The highest BCUT2D eigenvalue weighted by molar-refractivity contribution is 9.10. The maximum Gasteiger partial charge on any atom is 0.416 e. The van der Waals surface area contributed by atoms with Crippen LogP contribution < -0.4 is 10.1 Å². The van der Waals surface area contributed by atoms with Crippen LogP contribution in [0.4, 0.5) is 18.9 Å². The van der Waals surface area contributed by atoms with E-state index < -0.39 is 11.7 Å². The van der Waals surface area contributed by atoms with Gasteiger partial charge >= 0.3 is 6.18 Å². The number of benzene rings is 2. The summed E-state index contributed by atoms with van der Waals surface area (Å²) in [6.45, 7) is -0.195. The Kier molecular flexibility index (Phi) is 5.77. The van der Waals surface area contributed by atoms with E-state index in [0.29, 0.717) is 15.8 Å². The number of Topliss-reactive ketones (excluding diaryl/α,β-unsaturated/α-hetero) is 1. The molecule has 2 rings (SSSR count). The van der Waals surface area contributed by atoms with Crippen molar-refractivity contribution in [3.8, 4) is 5.75 Å². The molecule has 0 spiro atoms. The van der Waals surface area contributed by atoms with Gasteiger partial charge in [0.05, 0.1) is 34.4 Å². The summed E-state index contributed by atoms with van der Waals surface area (Å²) in [4.78, 5) is 12.2. The Morgan fingerprint density at radius 3 is 2.54 bits per heavy atom. The van der Waals surface area contributed by atoms with Gasteiger partial charge in [-0.3, -0.25) is 4.79 Å². The van der Waals surface area contributed by atoms with Crippen molar-refractivity contribution >= 4 is 39.0 Å². The fourth-order valence-electron chi connectivity index (χ4n) is 1.95. The van der Waals surface area contributed by atoms with E-state index in [0.717, 1.165) is 18.2 Å². The summed E-state index contributed by atoms with van der Waals surface area (Å²) in [5.74, 6) is 0.271. The molecule has 24 heavy (non-hydrogen) atoms. The normalized spacial score (nSPS) is 11.2. The second kappa shape index (κ2) is 7.44. The monoisotopic (exact) mass is 421 g/mol. The number of carbonyl (C=O) groups is 1. The quantitative estimate of drug-likeness (QED) is 0.654. The lowest BCUT2D eigenvalue weighted by molar-refractivity contribution is -0.137. The third kappa shape index (κ3) is 4.42. The van der Waals surface area contributed by atoms with Crippen molar-refractivity contribution in [2.45, 2.75) is 6.18 Å². The van der Waals surface area contributed by atoms with Gasteiger partial charge in [-0.05, 0) is 52.3 Å². The highest BCUT2D eigenvalue weighted by atomic mass is 79.9. The molecule has 0 saturated heterocycles. The van der Waals surface area contributed by atoms with E-state index in [1.807, 2.05) is 0 Å². The predicted octanol–water partition coefficient (Wildman–Crippen LogP) is 5.42. The first-order valence-electron chi connectivity index (χ1n) is 6.69. The van der Waals surface area contributed by atoms with Crippen molar-refractivity contribution in [1.82, 2.24) is 0 Å². The third-order valence-electron chi connectivity index (χ3n) is 3.21. The smallest absolute Gasteiger partial charge is 0.416 e. The van der Waals surface area contributed by atoms with Gasteiger partial charge in [0.1, 0.15) is 5.75 Å². The van der Waals surface area contributed by atoms with E-state index in [4.69, 9.17) is 16.3 Å². The molecule has 0 aliphatic heterocycles. The average Bonchev–Trinajstić information content (AvgIpc) is 2.52. The van der Waals surface area contributed by atoms with Crippen LogP contribution in [0.1, 0.15) is 15.9 Å². The Bertz CT molecular complexity index is 765. The van der Waals surface area contributed by atoms with Gasteiger partial charge in [-0.2, -0.15) is 13.2 Å². The van der Waals surface area contributed by atoms with Gasteiger partial charge in [0.2, 0.25) is 0 Å². The van der Waals surface area contributed by atoms with E-state index >= 15 is 0 Å².